The number of anilines is 1. The smallest absolute Gasteiger partial charge is 0.295 e. The molecule has 0 amide bonds. The number of nitro groups is 1. The van der Waals surface area contributed by atoms with Gasteiger partial charge in [-0.15, -0.1) is 0 Å². The van der Waals surface area contributed by atoms with Crippen LogP contribution in [0.1, 0.15) is 84.8 Å². The minimum Gasteiger partial charge on any atom is -0.457 e. The monoisotopic (exact) mass is 656 g/mol. The molecule has 0 aromatic heterocycles. The van der Waals surface area contributed by atoms with Crippen LogP contribution in [0.4, 0.5) is 22.7 Å². The number of nitro benzene ring substituents is 1. The lowest BCUT2D eigenvalue weighted by atomic mass is 9.81. The molecule has 0 spiro atoms. The normalized spacial score (nSPS) is 20.5. The van der Waals surface area contributed by atoms with Gasteiger partial charge in [-0.2, -0.15) is 9.15 Å². The van der Waals surface area contributed by atoms with Gasteiger partial charge in [-0.3, -0.25) is 10.1 Å². The lowest BCUT2D eigenvalue weighted by Gasteiger charge is -2.22. The van der Waals surface area contributed by atoms with Crippen LogP contribution in [0.5, 0.6) is 5.75 Å². The molecule has 7 nitrogen and oxygen atoms in total. The van der Waals surface area contributed by atoms with E-state index in [0.717, 1.165) is 55.6 Å². The summed E-state index contributed by atoms with van der Waals surface area (Å²) in [5, 5.41) is 11.8. The minimum atomic E-state index is -0.461. The zero-order valence-electron chi connectivity index (χ0n) is 29.6. The molecule has 0 unspecified atom stereocenters. The zero-order valence-corrected chi connectivity index (χ0v) is 29.6. The van der Waals surface area contributed by atoms with E-state index < -0.39 is 4.92 Å². The summed E-state index contributed by atoms with van der Waals surface area (Å²) in [6, 6.07) is 22.0. The molecule has 2 N–H and O–H groups in total. The third kappa shape index (κ3) is 6.18. The summed E-state index contributed by atoms with van der Waals surface area (Å²) in [6.45, 7) is 14.4. The van der Waals surface area contributed by atoms with Crippen molar-refractivity contribution in [2.45, 2.75) is 84.5 Å². The van der Waals surface area contributed by atoms with Gasteiger partial charge in [0.1, 0.15) is 23.7 Å². The maximum absolute atomic E-state index is 11.8. The molecule has 0 radical (unpaired) electrons. The Morgan fingerprint density at radius 2 is 1.59 bits per heavy atom. The molecule has 7 heteroatoms. The quantitative estimate of drug-likeness (QED) is 0.108. The first-order chi connectivity index (χ1) is 23.5. The number of benzene rings is 3. The van der Waals surface area contributed by atoms with Crippen LogP contribution < -0.4 is 10.5 Å². The number of allylic oxidation sites excluding steroid dienone is 7. The molecule has 252 valence electrons. The van der Waals surface area contributed by atoms with Crippen LogP contribution >= 0.6 is 0 Å². The van der Waals surface area contributed by atoms with Crippen LogP contribution in [0, 0.1) is 10.1 Å². The van der Waals surface area contributed by atoms with Crippen molar-refractivity contribution < 1.29 is 18.8 Å². The molecule has 0 saturated heterocycles. The summed E-state index contributed by atoms with van der Waals surface area (Å²) in [4.78, 5) is 11.3. The molecule has 3 aromatic carbocycles. The average molecular weight is 657 g/mol. The molecular weight excluding hydrogens is 608 g/mol. The first-order valence-electron chi connectivity index (χ1n) is 17.5. The molecule has 3 aromatic rings. The predicted octanol–water partition coefficient (Wildman–Crippen LogP) is 9.96. The van der Waals surface area contributed by atoms with E-state index in [-0.39, 0.29) is 22.2 Å². The van der Waals surface area contributed by atoms with E-state index in [4.69, 9.17) is 10.5 Å². The second-order valence-electron chi connectivity index (χ2n) is 14.1. The highest BCUT2D eigenvalue weighted by Crippen LogP contribution is 2.47. The predicted molar refractivity (Wildman–Crippen MR) is 200 cm³/mol. The van der Waals surface area contributed by atoms with E-state index in [1.807, 2.05) is 0 Å². The van der Waals surface area contributed by atoms with Gasteiger partial charge in [0.15, 0.2) is 17.6 Å². The Bertz CT molecular complexity index is 2010. The highest BCUT2D eigenvalue weighted by atomic mass is 16.6. The van der Waals surface area contributed by atoms with Crippen molar-refractivity contribution in [2.75, 3.05) is 12.3 Å². The van der Waals surface area contributed by atoms with Gasteiger partial charge in [0.05, 0.1) is 21.8 Å². The summed E-state index contributed by atoms with van der Waals surface area (Å²) in [5.41, 5.74) is 15.2. The fourth-order valence-electron chi connectivity index (χ4n) is 7.63. The van der Waals surface area contributed by atoms with Crippen LogP contribution in [0.3, 0.4) is 0 Å². The minimum absolute atomic E-state index is 0.112. The number of rotatable bonds is 9. The van der Waals surface area contributed by atoms with E-state index in [9.17, 15) is 10.1 Å². The van der Waals surface area contributed by atoms with Gasteiger partial charge in [0, 0.05) is 48.3 Å². The second kappa shape index (κ2) is 13.5. The zero-order chi connectivity index (χ0) is 34.9. The van der Waals surface area contributed by atoms with Crippen molar-refractivity contribution in [3.05, 3.63) is 135 Å². The van der Waals surface area contributed by atoms with E-state index >= 15 is 0 Å². The Balaban J connectivity index is 1.48. The SMILES string of the molecule is CCC=[N+]1C(=CC=C2CCCC(C=CC3=[N+](CCC)c4ccccc4C3(C)C)=C2Oc2ccc(N)c([N+](=O)[O-])c2)C(C)(C)c2ccccc21. The third-order valence-electron chi connectivity index (χ3n) is 10.1. The standard InChI is InChI=1S/C42H48N4O3/c1-7-26-44-35-18-11-9-16-32(35)41(3,4)38(44)24-20-29-14-13-15-30(40(29)49-31-22-23-34(43)37(28-31)46(47)48)21-25-39-42(5,6)33-17-10-12-19-36(33)45(39)27-8-2/h9-12,16-26,28H,7-8,13-15,27,43H2,1-6H3/q+2. The van der Waals surface area contributed by atoms with Crippen LogP contribution in [0.2, 0.25) is 0 Å². The van der Waals surface area contributed by atoms with E-state index in [1.54, 1.807) is 12.1 Å². The van der Waals surface area contributed by atoms with Gasteiger partial charge >= 0.3 is 0 Å². The number of nitrogen functional groups attached to an aromatic ring is 1. The number of nitrogens with two attached hydrogens (primary N) is 1. The number of nitrogens with zero attached hydrogens (tertiary/aromatic N) is 3. The van der Waals surface area contributed by atoms with Crippen molar-refractivity contribution in [3.63, 3.8) is 0 Å². The molecule has 2 aliphatic heterocycles. The summed E-state index contributed by atoms with van der Waals surface area (Å²) in [5.74, 6) is 1.14. The molecular formula is C42H48N4O3+2. The molecule has 3 aliphatic rings. The Morgan fingerprint density at radius 1 is 0.898 bits per heavy atom. The maximum Gasteiger partial charge on any atom is 0.295 e. The fraction of sp³-hybridized carbons (Fsp3) is 0.333. The largest absolute Gasteiger partial charge is 0.457 e. The highest BCUT2D eigenvalue weighted by molar-refractivity contribution is 6.03. The number of ether oxygens (including phenoxy) is 1. The molecule has 49 heavy (non-hydrogen) atoms. The van der Waals surface area contributed by atoms with E-state index in [2.05, 4.69) is 130 Å². The Hall–Kier alpha value is -5.04. The summed E-state index contributed by atoms with van der Waals surface area (Å²) >= 11 is 0. The van der Waals surface area contributed by atoms with Gasteiger partial charge < -0.3 is 10.5 Å². The molecule has 1 aliphatic carbocycles. The third-order valence-corrected chi connectivity index (χ3v) is 10.1. The van der Waals surface area contributed by atoms with Crippen LogP contribution in [0.15, 0.2) is 114 Å². The molecule has 2 heterocycles. The summed E-state index contributed by atoms with van der Waals surface area (Å²) < 4.78 is 11.4. The lowest BCUT2D eigenvalue weighted by molar-refractivity contribution is -0.437. The Labute approximate surface area is 290 Å². The second-order valence-corrected chi connectivity index (χ2v) is 14.1. The molecule has 0 fully saturated rings. The first-order valence-corrected chi connectivity index (χ1v) is 17.5. The number of hydrogen-bond acceptors (Lipinski definition) is 4. The van der Waals surface area contributed by atoms with Crippen LogP contribution in [-0.2, 0) is 10.8 Å². The van der Waals surface area contributed by atoms with Crippen molar-refractivity contribution in [2.24, 2.45) is 0 Å². The molecule has 0 saturated carbocycles. The van der Waals surface area contributed by atoms with Gasteiger partial charge in [-0.05, 0) is 82.4 Å². The van der Waals surface area contributed by atoms with Crippen LogP contribution in [0.25, 0.3) is 0 Å². The Kier molecular flexibility index (Phi) is 9.30. The first kappa shape index (κ1) is 33.8. The van der Waals surface area contributed by atoms with E-state index in [1.165, 1.54) is 40.0 Å². The topological polar surface area (TPSA) is 84.4 Å². The number of hydrogen-bond donors (Lipinski definition) is 1. The molecule has 6 rings (SSSR count). The summed E-state index contributed by atoms with van der Waals surface area (Å²) in [6.07, 6.45) is 15.7. The number of para-hydroxylation sites is 2. The van der Waals surface area contributed by atoms with Gasteiger partial charge in [0.2, 0.25) is 11.4 Å². The van der Waals surface area contributed by atoms with Gasteiger partial charge in [-0.1, -0.05) is 50.2 Å². The van der Waals surface area contributed by atoms with Crippen molar-refractivity contribution >= 4 is 34.7 Å². The highest BCUT2D eigenvalue weighted by Gasteiger charge is 2.46. The van der Waals surface area contributed by atoms with Crippen molar-refractivity contribution in [3.8, 4) is 5.75 Å². The van der Waals surface area contributed by atoms with Crippen LogP contribution in [-0.4, -0.2) is 32.5 Å². The van der Waals surface area contributed by atoms with Crippen molar-refractivity contribution in [1.29, 1.82) is 0 Å². The number of fused-ring (bicyclic) bond motifs is 2. The molecule has 0 bridgehead atoms. The summed E-state index contributed by atoms with van der Waals surface area (Å²) in [7, 11) is 0. The molecule has 0 atom stereocenters. The van der Waals surface area contributed by atoms with Gasteiger partial charge in [-0.25, -0.2) is 0 Å². The Morgan fingerprint density at radius 3 is 2.29 bits per heavy atom. The van der Waals surface area contributed by atoms with E-state index in [0.29, 0.717) is 5.75 Å². The maximum atomic E-state index is 11.8. The van der Waals surface area contributed by atoms with Crippen molar-refractivity contribution in [1.82, 2.24) is 0 Å². The average Bonchev–Trinajstić information content (AvgIpc) is 3.43. The lowest BCUT2D eigenvalue weighted by Crippen LogP contribution is -2.28. The van der Waals surface area contributed by atoms with Gasteiger partial charge in [0.25, 0.3) is 5.69 Å². The fourth-order valence-corrected chi connectivity index (χ4v) is 7.63.